The summed E-state index contributed by atoms with van der Waals surface area (Å²) in [4.78, 5) is 0. The normalized spacial score (nSPS) is 0. The van der Waals surface area contributed by atoms with Gasteiger partial charge < -0.3 is 5.48 Å². The maximum absolute atomic E-state index is 0. The van der Waals surface area contributed by atoms with Gasteiger partial charge in [-0.2, -0.15) is 0 Å². The number of rotatable bonds is 0. The molecule has 0 saturated heterocycles. The molecule has 0 rings (SSSR count). The third kappa shape index (κ3) is 18.4. The largest absolute Gasteiger partial charge is 3.00 e. The Morgan fingerprint density at radius 2 is 1.00 bits per heavy atom. The van der Waals surface area contributed by atoms with Crippen LogP contribution in [-0.2, 0) is 38.2 Å². The first-order chi connectivity index (χ1) is 0. The molecule has 0 aromatic rings. The molecule has 0 aromatic heterocycles. The summed E-state index contributed by atoms with van der Waals surface area (Å²) in [6, 6.07) is 0. The van der Waals surface area contributed by atoms with Crippen LogP contribution in [0.15, 0.2) is 0 Å². The van der Waals surface area contributed by atoms with Crippen LogP contribution in [0, 0.1) is 0 Å². The van der Waals surface area contributed by atoms with Crippen molar-refractivity contribution in [1.29, 1.82) is 0 Å². The minimum atomic E-state index is 0. The third-order valence-corrected chi connectivity index (χ3v) is 0. The van der Waals surface area contributed by atoms with Crippen LogP contribution in [0.4, 0.5) is 0 Å². The van der Waals surface area contributed by atoms with Gasteiger partial charge in [-0.1, -0.05) is 0 Å². The van der Waals surface area contributed by atoms with Crippen LogP contribution < -0.4 is 0 Å². The van der Waals surface area contributed by atoms with Crippen molar-refractivity contribution in [1.82, 2.24) is 0 Å². The fourth-order valence-corrected chi connectivity index (χ4v) is 0. The van der Waals surface area contributed by atoms with Gasteiger partial charge in [0.2, 0.25) is 0 Å². The monoisotopic (exact) mass is 453 g/mol. The van der Waals surface area contributed by atoms with Gasteiger partial charge in [-0.05, 0) is 0 Å². The Morgan fingerprint density at radius 1 is 1.00 bits per heavy atom. The summed E-state index contributed by atoms with van der Waals surface area (Å²) in [6.45, 7) is 0. The van der Waals surface area contributed by atoms with Gasteiger partial charge in [0.25, 0.3) is 0 Å². The third-order valence-electron chi connectivity index (χ3n) is 0. The second-order valence-corrected chi connectivity index (χ2v) is 0. The predicted molar refractivity (Wildman–Crippen MR) is 17.9 cm³/mol. The Kier molecular flexibility index (Phi) is 197. The van der Waals surface area contributed by atoms with Crippen molar-refractivity contribution < 1.29 is 38.2 Å². The molecule has 0 fully saturated rings. The van der Waals surface area contributed by atoms with Crippen LogP contribution >= 0.6 is 0 Å². The maximum atomic E-state index is 0. The van der Waals surface area contributed by atoms with E-state index in [0.717, 1.165) is 0 Å². The molecule has 5 heteroatoms. The molecule has 0 aliphatic heterocycles. The predicted octanol–water partition coefficient (Wildman–Crippen LogP) is -1.26. The summed E-state index contributed by atoms with van der Waals surface area (Å²) in [6.07, 6.45) is 0. The Morgan fingerprint density at radius 3 is 1.00 bits per heavy atom. The zero-order valence-corrected chi connectivity index (χ0v) is 13.7. The summed E-state index contributed by atoms with van der Waals surface area (Å²) in [5.74, 6) is 0. The van der Waals surface area contributed by atoms with Gasteiger partial charge in [-0.25, -0.2) is 0 Å². The van der Waals surface area contributed by atoms with Crippen molar-refractivity contribution in [2.45, 2.75) is 0 Å². The Balaban J connectivity index is 0. The summed E-state index contributed by atoms with van der Waals surface area (Å²) >= 11 is 0. The van der Waals surface area contributed by atoms with Crippen molar-refractivity contribution >= 4 is 75.1 Å². The molecule has 2 radical (unpaired) electrons. The topological polar surface area (TPSA) is 28.5 Å². The molecule has 0 amide bonds. The molecule has 0 spiro atoms. The molecule has 0 aromatic carbocycles. The Bertz CT molecular complexity index is 11.6. The molecular weight excluding hydrogens is 453 g/mol. The van der Waals surface area contributed by atoms with Crippen molar-refractivity contribution in [2.75, 3.05) is 0 Å². The molecule has 1 nitrogen and oxygen atoms in total. The molecule has 0 N–H and O–H groups in total. The van der Waals surface area contributed by atoms with Crippen LogP contribution in [0.1, 0.15) is 0 Å². The van der Waals surface area contributed by atoms with Gasteiger partial charge in [-0.3, -0.25) is 0 Å². The quantitative estimate of drug-likeness (QED) is 0.410. The van der Waals surface area contributed by atoms with Crippen molar-refractivity contribution in [3.63, 3.8) is 0 Å². The molecule has 0 saturated carbocycles. The molecule has 0 bridgehead atoms. The molecule has 5 heavy (non-hydrogen) atoms. The zero-order chi connectivity index (χ0) is 0. The first kappa shape index (κ1) is 38.4. The summed E-state index contributed by atoms with van der Waals surface area (Å²) < 4.78 is 0. The number of hydrogen-bond acceptors (Lipinski definition) is 0. The molecule has 10 valence electrons. The number of hydrogen-bond donors (Lipinski definition) is 0. The zero-order valence-electron chi connectivity index (χ0n) is 2.72. The minimum absolute atomic E-state index is 0. The van der Waals surface area contributed by atoms with Gasteiger partial charge in [0.1, 0.15) is 0 Å². The van der Waals surface area contributed by atoms with Gasteiger partial charge in [-0.15, -0.1) is 0 Å². The second-order valence-electron chi connectivity index (χ2n) is 0. The molecule has 0 heterocycles. The average molecular weight is 453 g/mol. The van der Waals surface area contributed by atoms with E-state index in [0.29, 0.717) is 0 Å². The van der Waals surface area contributed by atoms with Crippen molar-refractivity contribution in [2.24, 2.45) is 0 Å². The van der Waals surface area contributed by atoms with E-state index < -0.39 is 0 Å². The van der Waals surface area contributed by atoms with Gasteiger partial charge >= 0.3 is 108 Å². The summed E-state index contributed by atoms with van der Waals surface area (Å²) in [7, 11) is 0. The van der Waals surface area contributed by atoms with Gasteiger partial charge in [0, 0.05) is 0 Å². The molecule has 0 atom stereocenters. The van der Waals surface area contributed by atoms with Crippen LogP contribution in [0.5, 0.6) is 0 Å². The first-order valence-electron chi connectivity index (χ1n) is 0. The Hall–Kier alpha value is 3.58. The minimum Gasteiger partial charge on any atom is -2.00 e. The van der Waals surface area contributed by atoms with E-state index in [-0.39, 0.29) is 113 Å². The van der Waals surface area contributed by atoms with E-state index in [4.69, 9.17) is 0 Å². The van der Waals surface area contributed by atoms with E-state index in [2.05, 4.69) is 0 Å². The van der Waals surface area contributed by atoms with Gasteiger partial charge in [0.05, 0.1) is 0 Å². The standard InChI is InChI=1S/Bi.In.Mg.O.Y/q2*+3;+2;-2;+3. The van der Waals surface area contributed by atoms with E-state index in [1.165, 1.54) is 0 Å². The molecule has 0 aliphatic carbocycles. The maximum Gasteiger partial charge on any atom is 3.00 e. The molecule has 0 aliphatic rings. The fourth-order valence-electron chi connectivity index (χ4n) is 0. The van der Waals surface area contributed by atoms with Crippen LogP contribution in [0.3, 0.4) is 0 Å². The van der Waals surface area contributed by atoms with E-state index in [1.54, 1.807) is 0 Å². The average Bonchev–Trinajstić information content (AvgIpc) is 0. The first-order valence-corrected chi connectivity index (χ1v) is 0. The Labute approximate surface area is 111 Å². The fraction of sp³-hybridized carbons (Fsp3) is 0. The van der Waals surface area contributed by atoms with Crippen molar-refractivity contribution in [3.8, 4) is 0 Å². The van der Waals surface area contributed by atoms with Crippen LogP contribution in [0.25, 0.3) is 0 Å². The van der Waals surface area contributed by atoms with Crippen LogP contribution in [0.2, 0.25) is 0 Å². The van der Waals surface area contributed by atoms with Crippen LogP contribution in [-0.4, -0.2) is 75.1 Å². The van der Waals surface area contributed by atoms with E-state index >= 15 is 0 Å². The second kappa shape index (κ2) is 25.6. The summed E-state index contributed by atoms with van der Waals surface area (Å²) in [5, 5.41) is 0. The smallest absolute Gasteiger partial charge is 2.00 e. The van der Waals surface area contributed by atoms with E-state index in [1.807, 2.05) is 0 Å². The van der Waals surface area contributed by atoms with Gasteiger partial charge in [0.15, 0.2) is 0 Å². The molecular formula is BiInMgOY+9. The summed E-state index contributed by atoms with van der Waals surface area (Å²) in [5.41, 5.74) is 0. The molecule has 0 unspecified atom stereocenters. The SMILES string of the molecule is [Bi+3].[In+3].[Mg+2].[O-2].[Y+3]. The van der Waals surface area contributed by atoms with Crippen molar-refractivity contribution in [3.05, 3.63) is 0 Å². The van der Waals surface area contributed by atoms with E-state index in [9.17, 15) is 0 Å².